The van der Waals surface area contributed by atoms with Gasteiger partial charge in [-0.05, 0) is 41.7 Å². The van der Waals surface area contributed by atoms with Crippen molar-refractivity contribution in [1.82, 2.24) is 5.32 Å². The van der Waals surface area contributed by atoms with Gasteiger partial charge >= 0.3 is 0 Å². The highest BCUT2D eigenvalue weighted by molar-refractivity contribution is 6.10. The number of rotatable bonds is 11. The summed E-state index contributed by atoms with van der Waals surface area (Å²) < 4.78 is 21.1. The van der Waals surface area contributed by atoms with E-state index in [2.05, 4.69) is 31.0 Å². The first-order valence-corrected chi connectivity index (χ1v) is 11.7. The van der Waals surface area contributed by atoms with Crippen LogP contribution >= 0.6 is 0 Å². The van der Waals surface area contributed by atoms with Gasteiger partial charge in [0.2, 0.25) is 5.91 Å². The fraction of sp³-hybridized carbons (Fsp3) is 0.370. The fourth-order valence-electron chi connectivity index (χ4n) is 3.92. The molecule has 0 fully saturated rings. The molecule has 2 aromatic carbocycles. The van der Waals surface area contributed by atoms with E-state index in [9.17, 15) is 4.79 Å². The topological polar surface area (TPSA) is 87.8 Å². The molecule has 4 N–H and O–H groups in total. The molecule has 34 heavy (non-hydrogen) atoms. The van der Waals surface area contributed by atoms with Crippen molar-refractivity contribution in [2.45, 2.75) is 39.2 Å². The predicted octanol–water partition coefficient (Wildman–Crippen LogP) is 3.88. The fourth-order valence-corrected chi connectivity index (χ4v) is 3.92. The number of hydrogen-bond donors (Lipinski definition) is 3. The molecule has 0 bridgehead atoms. The Hall–Kier alpha value is -3.16. The van der Waals surface area contributed by atoms with E-state index in [1.807, 2.05) is 30.2 Å². The molecule has 6 nitrogen and oxygen atoms in total. The third kappa shape index (κ3) is 5.85. The summed E-state index contributed by atoms with van der Waals surface area (Å²) in [7, 11) is 0. The van der Waals surface area contributed by atoms with Gasteiger partial charge in [0, 0.05) is 42.9 Å². The van der Waals surface area contributed by atoms with Gasteiger partial charge in [-0.15, -0.1) is 0 Å². The van der Waals surface area contributed by atoms with Crippen molar-refractivity contribution in [3.8, 4) is 5.75 Å². The molecule has 0 saturated carbocycles. The number of benzene rings is 2. The normalized spacial score (nSPS) is 13.9. The Kier molecular flexibility index (Phi) is 8.85. The third-order valence-corrected chi connectivity index (χ3v) is 5.78. The van der Waals surface area contributed by atoms with Gasteiger partial charge in [-0.3, -0.25) is 4.79 Å². The highest BCUT2D eigenvalue weighted by atomic mass is 19.1. The highest BCUT2D eigenvalue weighted by Gasteiger charge is 2.28. The number of aliphatic hydroxyl groups is 1. The van der Waals surface area contributed by atoms with Crippen LogP contribution in [-0.2, 0) is 11.2 Å². The number of amides is 1. The quantitative estimate of drug-likeness (QED) is 0.467. The molecule has 182 valence electrons. The monoisotopic (exact) mass is 467 g/mol. The molecule has 1 aliphatic heterocycles. The summed E-state index contributed by atoms with van der Waals surface area (Å²) in [6.45, 7) is 9.29. The second-order valence-corrected chi connectivity index (χ2v) is 8.38. The van der Waals surface area contributed by atoms with Crippen LogP contribution in [0.5, 0.6) is 5.75 Å². The average Bonchev–Trinajstić information content (AvgIpc) is 2.84. The Bertz CT molecular complexity index is 1050. The number of aliphatic hydroxyl groups excluding tert-OH is 1. The number of nitrogens with two attached hydrogens (primary N) is 1. The van der Waals surface area contributed by atoms with Crippen molar-refractivity contribution in [1.29, 1.82) is 0 Å². The molecular formula is C27H34FN3O3. The number of allylic oxidation sites excluding steroid dienone is 2. The summed E-state index contributed by atoms with van der Waals surface area (Å²) in [6.07, 6.45) is 3.73. The lowest BCUT2D eigenvalue weighted by molar-refractivity contribution is -0.121. The molecule has 1 atom stereocenters. The van der Waals surface area contributed by atoms with Gasteiger partial charge in [-0.25, -0.2) is 4.39 Å². The van der Waals surface area contributed by atoms with E-state index in [0.29, 0.717) is 42.3 Å². The van der Waals surface area contributed by atoms with Crippen LogP contribution in [0.15, 0.2) is 49.2 Å². The number of aryl methyl sites for hydroxylation is 1. The van der Waals surface area contributed by atoms with Gasteiger partial charge in [0.15, 0.2) is 0 Å². The minimum Gasteiger partial charge on any atom is -0.491 e. The molecule has 0 spiro atoms. The third-order valence-electron chi connectivity index (χ3n) is 5.78. The highest BCUT2D eigenvalue weighted by Crippen LogP contribution is 2.46. The molecule has 7 heteroatoms. The van der Waals surface area contributed by atoms with E-state index in [1.165, 1.54) is 11.6 Å². The standard InChI is InChI=1S/C27H34FN3O3/c1-4-14-34-24-11-10-23(28)26-18(3)22(20-8-6-19(5-2)7-9-20)16-31(27(24)26)13-12-30-25(33)15-21(29)17-32/h6-11,16,21,32H,3-5,12-15,17,29H2,1-2H3,(H,30,33). The molecule has 0 radical (unpaired) electrons. The van der Waals surface area contributed by atoms with Crippen molar-refractivity contribution >= 4 is 22.7 Å². The number of nitrogens with zero attached hydrogens (tertiary/aromatic N) is 1. The van der Waals surface area contributed by atoms with Crippen LogP contribution in [0.25, 0.3) is 11.1 Å². The molecule has 0 aromatic heterocycles. The summed E-state index contributed by atoms with van der Waals surface area (Å²) in [4.78, 5) is 14.0. The van der Waals surface area contributed by atoms with E-state index in [0.717, 1.165) is 24.0 Å². The Balaban J connectivity index is 1.95. The van der Waals surface area contributed by atoms with E-state index in [4.69, 9.17) is 15.6 Å². The molecule has 3 rings (SSSR count). The maximum atomic E-state index is 15.2. The average molecular weight is 468 g/mol. The second kappa shape index (κ2) is 11.8. The van der Waals surface area contributed by atoms with Gasteiger partial charge in [0.05, 0.1) is 18.9 Å². The second-order valence-electron chi connectivity index (χ2n) is 8.38. The first-order chi connectivity index (χ1) is 16.4. The van der Waals surface area contributed by atoms with E-state index in [1.54, 1.807) is 6.07 Å². The number of hydrogen-bond acceptors (Lipinski definition) is 5. The zero-order valence-electron chi connectivity index (χ0n) is 19.9. The van der Waals surface area contributed by atoms with Crippen molar-refractivity contribution in [3.63, 3.8) is 0 Å². The minimum absolute atomic E-state index is 0.0360. The van der Waals surface area contributed by atoms with E-state index >= 15 is 4.39 Å². The van der Waals surface area contributed by atoms with Crippen molar-refractivity contribution in [3.05, 3.63) is 71.7 Å². The smallest absolute Gasteiger partial charge is 0.221 e. The SMILES string of the molecule is C=C1C(c2ccc(CC)cc2)=CN(CCNC(=O)CC(N)CO)c2c(OCCC)ccc(F)c21. The first kappa shape index (κ1) is 25.5. The number of carbonyl (C=O) groups is 1. The summed E-state index contributed by atoms with van der Waals surface area (Å²) >= 11 is 0. The largest absolute Gasteiger partial charge is 0.491 e. The minimum atomic E-state index is -0.597. The molecule has 1 heterocycles. The van der Waals surface area contributed by atoms with Crippen LogP contribution in [0.4, 0.5) is 10.1 Å². The molecule has 2 aromatic rings. The maximum absolute atomic E-state index is 15.2. The van der Waals surface area contributed by atoms with Crippen LogP contribution < -0.4 is 20.7 Å². The van der Waals surface area contributed by atoms with Crippen LogP contribution in [0.2, 0.25) is 0 Å². The molecule has 0 aliphatic carbocycles. The van der Waals surface area contributed by atoms with Gasteiger partial charge < -0.3 is 25.8 Å². The Labute approximate surface area is 200 Å². The molecule has 1 aliphatic rings. The van der Waals surface area contributed by atoms with E-state index < -0.39 is 6.04 Å². The van der Waals surface area contributed by atoms with Gasteiger partial charge in [-0.1, -0.05) is 44.7 Å². The number of anilines is 1. The van der Waals surface area contributed by atoms with Gasteiger partial charge in [0.1, 0.15) is 11.6 Å². The lowest BCUT2D eigenvalue weighted by atomic mass is 9.89. The molecule has 1 unspecified atom stereocenters. The Morgan fingerprint density at radius 1 is 1.24 bits per heavy atom. The van der Waals surface area contributed by atoms with Crippen LogP contribution in [0, 0.1) is 5.82 Å². The summed E-state index contributed by atoms with van der Waals surface area (Å²) in [6, 6.07) is 10.6. The number of fused-ring (bicyclic) bond motifs is 1. The zero-order chi connectivity index (χ0) is 24.7. The lowest BCUT2D eigenvalue weighted by Gasteiger charge is -2.33. The predicted molar refractivity (Wildman–Crippen MR) is 135 cm³/mol. The molecule has 0 saturated heterocycles. The molecule has 1 amide bonds. The van der Waals surface area contributed by atoms with Gasteiger partial charge in [0.25, 0.3) is 0 Å². The van der Waals surface area contributed by atoms with Gasteiger partial charge in [-0.2, -0.15) is 0 Å². The molecular weight excluding hydrogens is 433 g/mol. The summed E-state index contributed by atoms with van der Waals surface area (Å²) in [5.41, 5.74) is 10.2. The summed E-state index contributed by atoms with van der Waals surface area (Å²) in [5.74, 6) is -0.0449. The number of nitrogens with one attached hydrogen (secondary N) is 1. The van der Waals surface area contributed by atoms with Crippen LogP contribution in [0.3, 0.4) is 0 Å². The van der Waals surface area contributed by atoms with E-state index in [-0.39, 0.29) is 24.8 Å². The summed E-state index contributed by atoms with van der Waals surface area (Å²) in [5, 5.41) is 11.9. The lowest BCUT2D eigenvalue weighted by Crippen LogP contribution is -2.38. The maximum Gasteiger partial charge on any atom is 0.221 e. The zero-order valence-corrected chi connectivity index (χ0v) is 19.9. The Morgan fingerprint density at radius 3 is 2.62 bits per heavy atom. The number of carbonyl (C=O) groups excluding carboxylic acids is 1. The van der Waals surface area contributed by atoms with Crippen molar-refractivity contribution < 1.29 is 19.0 Å². The van der Waals surface area contributed by atoms with Crippen molar-refractivity contribution in [2.24, 2.45) is 5.73 Å². The van der Waals surface area contributed by atoms with Crippen LogP contribution in [-0.4, -0.2) is 43.4 Å². The van der Waals surface area contributed by atoms with Crippen molar-refractivity contribution in [2.75, 3.05) is 31.2 Å². The number of ether oxygens (including phenoxy) is 1. The first-order valence-electron chi connectivity index (χ1n) is 11.7. The Morgan fingerprint density at radius 2 is 1.97 bits per heavy atom. The van der Waals surface area contributed by atoms with Crippen LogP contribution in [0.1, 0.15) is 43.4 Å². The number of halogens is 1.